The van der Waals surface area contributed by atoms with E-state index in [0.717, 1.165) is 5.92 Å². The summed E-state index contributed by atoms with van der Waals surface area (Å²) in [7, 11) is -3.08. The Hall–Kier alpha value is -0.130. The molecule has 1 aliphatic rings. The Morgan fingerprint density at radius 1 is 1.11 bits per heavy atom. The van der Waals surface area contributed by atoms with Crippen molar-refractivity contribution in [3.8, 4) is 0 Å². The van der Waals surface area contributed by atoms with Gasteiger partial charge in [-0.1, -0.05) is 27.7 Å². The largest absolute Gasteiger partial charge is 0.313 e. The average molecular weight is 290 g/mol. The first-order chi connectivity index (χ1) is 8.74. The van der Waals surface area contributed by atoms with Gasteiger partial charge in [-0.3, -0.25) is 0 Å². The van der Waals surface area contributed by atoms with E-state index in [1.165, 1.54) is 25.7 Å². The van der Waals surface area contributed by atoms with Gasteiger partial charge in [0.1, 0.15) is 0 Å². The van der Waals surface area contributed by atoms with Crippen LogP contribution in [0.2, 0.25) is 0 Å². The lowest BCUT2D eigenvalue weighted by Crippen LogP contribution is -2.39. The van der Waals surface area contributed by atoms with Crippen molar-refractivity contribution in [2.75, 3.05) is 18.8 Å². The molecular weight excluding hydrogens is 260 g/mol. The third kappa shape index (κ3) is 6.23. The summed E-state index contributed by atoms with van der Waals surface area (Å²) >= 11 is 0. The molecule has 0 unspecified atom stereocenters. The molecule has 5 heteroatoms. The van der Waals surface area contributed by atoms with E-state index < -0.39 is 10.0 Å². The van der Waals surface area contributed by atoms with Crippen molar-refractivity contribution in [3.63, 3.8) is 0 Å². The summed E-state index contributed by atoms with van der Waals surface area (Å²) in [5.74, 6) is 0.982. The highest BCUT2D eigenvalue weighted by atomic mass is 32.2. The predicted octanol–water partition coefficient (Wildman–Crippen LogP) is 2.12. The summed E-state index contributed by atoms with van der Waals surface area (Å²) in [4.78, 5) is 0. The zero-order valence-electron chi connectivity index (χ0n) is 12.8. The lowest BCUT2D eigenvalue weighted by atomic mass is 9.71. The third-order valence-corrected chi connectivity index (χ3v) is 5.59. The van der Waals surface area contributed by atoms with Crippen LogP contribution in [0.4, 0.5) is 0 Å². The fraction of sp³-hybridized carbons (Fsp3) is 1.00. The molecule has 0 aromatic rings. The van der Waals surface area contributed by atoms with Crippen molar-refractivity contribution in [2.45, 2.75) is 59.4 Å². The van der Waals surface area contributed by atoms with Crippen LogP contribution in [0, 0.1) is 11.3 Å². The number of hydrogen-bond acceptors (Lipinski definition) is 3. The SMILES string of the molecule is CCNS(=O)(=O)CCNC1CCC(C(C)(C)C)CC1. The van der Waals surface area contributed by atoms with E-state index in [-0.39, 0.29) is 5.75 Å². The number of sulfonamides is 1. The fourth-order valence-electron chi connectivity index (χ4n) is 2.85. The van der Waals surface area contributed by atoms with Crippen molar-refractivity contribution in [1.82, 2.24) is 10.0 Å². The van der Waals surface area contributed by atoms with Gasteiger partial charge in [-0.15, -0.1) is 0 Å². The van der Waals surface area contributed by atoms with E-state index in [4.69, 9.17) is 0 Å². The monoisotopic (exact) mass is 290 g/mol. The zero-order chi connectivity index (χ0) is 14.5. The minimum absolute atomic E-state index is 0.181. The summed E-state index contributed by atoms with van der Waals surface area (Å²) in [5.41, 5.74) is 0.402. The first kappa shape index (κ1) is 16.9. The molecule has 0 aromatic carbocycles. The average Bonchev–Trinajstić information content (AvgIpc) is 2.28. The molecule has 0 radical (unpaired) electrons. The molecule has 1 saturated carbocycles. The van der Waals surface area contributed by atoms with Crippen molar-refractivity contribution in [1.29, 1.82) is 0 Å². The Balaban J connectivity index is 2.24. The molecule has 19 heavy (non-hydrogen) atoms. The Bertz CT molecular complexity index is 352. The van der Waals surface area contributed by atoms with E-state index in [1.54, 1.807) is 6.92 Å². The van der Waals surface area contributed by atoms with Crippen LogP contribution in [-0.4, -0.2) is 33.3 Å². The van der Waals surface area contributed by atoms with Crippen LogP contribution in [0.25, 0.3) is 0 Å². The van der Waals surface area contributed by atoms with Crippen molar-refractivity contribution in [3.05, 3.63) is 0 Å². The number of nitrogens with one attached hydrogen (secondary N) is 2. The van der Waals surface area contributed by atoms with E-state index in [1.807, 2.05) is 0 Å². The molecule has 0 atom stereocenters. The molecule has 1 fully saturated rings. The molecular formula is C14H30N2O2S. The van der Waals surface area contributed by atoms with Crippen LogP contribution >= 0.6 is 0 Å². The van der Waals surface area contributed by atoms with E-state index >= 15 is 0 Å². The van der Waals surface area contributed by atoms with Gasteiger partial charge in [0, 0.05) is 19.1 Å². The van der Waals surface area contributed by atoms with Crippen LogP contribution in [0.1, 0.15) is 53.4 Å². The van der Waals surface area contributed by atoms with Crippen LogP contribution in [0.5, 0.6) is 0 Å². The first-order valence-electron chi connectivity index (χ1n) is 7.45. The van der Waals surface area contributed by atoms with E-state index in [9.17, 15) is 8.42 Å². The molecule has 0 amide bonds. The highest BCUT2D eigenvalue weighted by molar-refractivity contribution is 7.89. The summed E-state index contributed by atoms with van der Waals surface area (Å²) < 4.78 is 25.5. The van der Waals surface area contributed by atoms with Crippen LogP contribution in [-0.2, 0) is 10.0 Å². The van der Waals surface area contributed by atoms with Gasteiger partial charge in [0.25, 0.3) is 0 Å². The standard InChI is InChI=1S/C14H30N2O2S/c1-5-16-19(17,18)11-10-15-13-8-6-12(7-9-13)14(2,3)4/h12-13,15-16H,5-11H2,1-4H3. The molecule has 1 rings (SSSR count). The summed E-state index contributed by atoms with van der Waals surface area (Å²) in [5, 5.41) is 3.39. The molecule has 2 N–H and O–H groups in total. The lowest BCUT2D eigenvalue weighted by Gasteiger charge is -2.37. The van der Waals surface area contributed by atoms with Gasteiger partial charge in [0.15, 0.2) is 0 Å². The summed E-state index contributed by atoms with van der Waals surface area (Å²) in [6, 6.07) is 0.496. The fourth-order valence-corrected chi connectivity index (χ4v) is 3.82. The Kier molecular flexibility index (Phi) is 6.27. The van der Waals surface area contributed by atoms with Gasteiger partial charge in [-0.2, -0.15) is 0 Å². The first-order valence-corrected chi connectivity index (χ1v) is 9.10. The van der Waals surface area contributed by atoms with Gasteiger partial charge in [0.05, 0.1) is 5.75 Å². The highest BCUT2D eigenvalue weighted by Crippen LogP contribution is 2.37. The quantitative estimate of drug-likeness (QED) is 0.788. The van der Waals surface area contributed by atoms with Crippen LogP contribution in [0.3, 0.4) is 0 Å². The smallest absolute Gasteiger partial charge is 0.212 e. The highest BCUT2D eigenvalue weighted by Gasteiger charge is 2.29. The predicted molar refractivity (Wildman–Crippen MR) is 80.7 cm³/mol. The Labute approximate surface area is 118 Å². The minimum Gasteiger partial charge on any atom is -0.313 e. The van der Waals surface area contributed by atoms with Crippen LogP contribution in [0.15, 0.2) is 0 Å². The van der Waals surface area contributed by atoms with Gasteiger partial charge in [0.2, 0.25) is 10.0 Å². The van der Waals surface area contributed by atoms with Crippen molar-refractivity contribution in [2.24, 2.45) is 11.3 Å². The summed E-state index contributed by atoms with van der Waals surface area (Å²) in [6.07, 6.45) is 4.84. The second-order valence-corrected chi connectivity index (χ2v) is 8.61. The minimum atomic E-state index is -3.08. The Morgan fingerprint density at radius 3 is 2.16 bits per heavy atom. The zero-order valence-corrected chi connectivity index (χ0v) is 13.6. The number of hydrogen-bond donors (Lipinski definition) is 2. The molecule has 0 bridgehead atoms. The van der Waals surface area contributed by atoms with Gasteiger partial charge < -0.3 is 5.32 Å². The molecule has 0 aliphatic heterocycles. The molecule has 114 valence electrons. The van der Waals surface area contributed by atoms with Crippen LogP contribution < -0.4 is 10.0 Å². The maximum Gasteiger partial charge on any atom is 0.212 e. The summed E-state index contributed by atoms with van der Waals surface area (Å²) in [6.45, 7) is 9.77. The third-order valence-electron chi connectivity index (χ3n) is 4.12. The molecule has 0 spiro atoms. The van der Waals surface area contributed by atoms with Gasteiger partial charge in [-0.05, 0) is 37.0 Å². The second-order valence-electron chi connectivity index (χ2n) is 6.69. The lowest BCUT2D eigenvalue weighted by molar-refractivity contribution is 0.161. The van der Waals surface area contributed by atoms with Gasteiger partial charge >= 0.3 is 0 Å². The normalized spacial score (nSPS) is 25.5. The maximum absolute atomic E-state index is 11.5. The second kappa shape index (κ2) is 7.04. The maximum atomic E-state index is 11.5. The van der Waals surface area contributed by atoms with E-state index in [0.29, 0.717) is 24.5 Å². The van der Waals surface area contributed by atoms with E-state index in [2.05, 4.69) is 30.8 Å². The van der Waals surface area contributed by atoms with Crippen molar-refractivity contribution < 1.29 is 8.42 Å². The molecule has 1 aliphatic carbocycles. The number of rotatable bonds is 6. The molecule has 4 nitrogen and oxygen atoms in total. The van der Waals surface area contributed by atoms with Gasteiger partial charge in [-0.25, -0.2) is 13.1 Å². The van der Waals surface area contributed by atoms with Crippen molar-refractivity contribution >= 4 is 10.0 Å². The molecule has 0 saturated heterocycles. The Morgan fingerprint density at radius 2 is 1.68 bits per heavy atom. The topological polar surface area (TPSA) is 58.2 Å². The molecule has 0 aromatic heterocycles. The molecule has 0 heterocycles.